The fraction of sp³-hybridized carbons (Fsp3) is 0.355. The number of hydrogen-bond donors (Lipinski definition) is 1. The predicted octanol–water partition coefficient (Wildman–Crippen LogP) is 5.13. The molecule has 0 aliphatic rings. The van der Waals surface area contributed by atoms with Crippen LogP contribution in [-0.2, 0) is 26.2 Å². The Kier molecular flexibility index (Phi) is 11.6. The van der Waals surface area contributed by atoms with Crippen molar-refractivity contribution < 1.29 is 27.5 Å². The van der Waals surface area contributed by atoms with E-state index in [0.717, 1.165) is 4.31 Å². The number of nitrogens with one attached hydrogen (secondary N) is 1. The normalized spacial score (nSPS) is 12.0. The summed E-state index contributed by atoms with van der Waals surface area (Å²) in [6.07, 6.45) is 0.313. The lowest BCUT2D eigenvalue weighted by Gasteiger charge is -2.33. The molecule has 0 saturated carbocycles. The molecule has 0 bridgehead atoms. The average Bonchev–Trinajstić information content (AvgIpc) is 2.99. The van der Waals surface area contributed by atoms with Gasteiger partial charge < -0.3 is 19.7 Å². The first-order valence-corrected chi connectivity index (χ1v) is 15.5. The lowest BCUT2D eigenvalue weighted by molar-refractivity contribution is -0.140. The van der Waals surface area contributed by atoms with E-state index in [2.05, 4.69) is 5.32 Å². The van der Waals surface area contributed by atoms with Gasteiger partial charge in [-0.15, -0.1) is 0 Å². The van der Waals surface area contributed by atoms with Crippen LogP contribution in [0, 0.1) is 5.92 Å². The molecule has 1 atom stereocenters. The SMILES string of the molecule is CC[C@@H](C(=O)NCC(C)C)N(Cc1ccccc1Cl)C(=O)CN(c1ccccc1)S(=O)(=O)c1ccc(OC)c(OC)c1. The van der Waals surface area contributed by atoms with Crippen molar-refractivity contribution in [1.82, 2.24) is 10.2 Å². The summed E-state index contributed by atoms with van der Waals surface area (Å²) in [6, 6.07) is 18.8. The van der Waals surface area contributed by atoms with Gasteiger partial charge in [0, 0.05) is 24.2 Å². The fourth-order valence-electron chi connectivity index (χ4n) is 4.38. The molecular formula is C31H38ClN3O6S. The molecular weight excluding hydrogens is 578 g/mol. The van der Waals surface area contributed by atoms with Gasteiger partial charge >= 0.3 is 0 Å². The van der Waals surface area contributed by atoms with Crippen LogP contribution in [0.4, 0.5) is 5.69 Å². The van der Waals surface area contributed by atoms with E-state index in [1.807, 2.05) is 20.8 Å². The van der Waals surface area contributed by atoms with Gasteiger partial charge in [0.25, 0.3) is 10.0 Å². The van der Waals surface area contributed by atoms with E-state index in [0.29, 0.717) is 29.3 Å². The van der Waals surface area contributed by atoms with E-state index in [1.54, 1.807) is 54.6 Å². The van der Waals surface area contributed by atoms with Gasteiger partial charge in [0.05, 0.1) is 24.8 Å². The molecule has 1 N–H and O–H groups in total. The number of carbonyl (C=O) groups excluding carboxylic acids is 2. The summed E-state index contributed by atoms with van der Waals surface area (Å²) in [5, 5.41) is 3.35. The van der Waals surface area contributed by atoms with Crippen molar-refractivity contribution in [3.8, 4) is 11.5 Å². The van der Waals surface area contributed by atoms with Gasteiger partial charge in [-0.05, 0) is 48.2 Å². The monoisotopic (exact) mass is 615 g/mol. The van der Waals surface area contributed by atoms with Crippen molar-refractivity contribution >= 4 is 39.1 Å². The zero-order valence-electron chi connectivity index (χ0n) is 24.5. The van der Waals surface area contributed by atoms with Crippen LogP contribution in [0.2, 0.25) is 5.02 Å². The lowest BCUT2D eigenvalue weighted by Crippen LogP contribution is -2.52. The molecule has 0 radical (unpaired) electrons. The van der Waals surface area contributed by atoms with E-state index >= 15 is 0 Å². The molecule has 3 rings (SSSR count). The zero-order chi connectivity index (χ0) is 30.9. The summed E-state index contributed by atoms with van der Waals surface area (Å²) < 4.78 is 39.8. The summed E-state index contributed by atoms with van der Waals surface area (Å²) >= 11 is 6.44. The van der Waals surface area contributed by atoms with Crippen LogP contribution in [0.1, 0.15) is 32.8 Å². The maximum atomic E-state index is 14.1. The zero-order valence-corrected chi connectivity index (χ0v) is 26.1. The largest absolute Gasteiger partial charge is 0.493 e. The highest BCUT2D eigenvalue weighted by Crippen LogP contribution is 2.32. The Bertz CT molecular complexity index is 1470. The molecule has 0 fully saturated rings. The van der Waals surface area contributed by atoms with E-state index < -0.39 is 28.5 Å². The summed E-state index contributed by atoms with van der Waals surface area (Å²) in [6.45, 7) is 5.66. The molecule has 0 heterocycles. The number of amides is 2. The van der Waals surface area contributed by atoms with Gasteiger partial charge in [0.1, 0.15) is 12.6 Å². The van der Waals surface area contributed by atoms with Crippen LogP contribution >= 0.6 is 11.6 Å². The topological polar surface area (TPSA) is 105 Å². The quantitative estimate of drug-likeness (QED) is 0.270. The standard InChI is InChI=1S/C31H38ClN3O6S/c1-6-27(31(37)33-19-22(2)3)34(20-23-12-10-11-15-26(23)32)30(36)21-35(24-13-8-7-9-14-24)42(38,39)25-16-17-28(40-4)29(18-25)41-5/h7-18,22,27H,6,19-21H2,1-5H3,(H,33,37)/t27-/m0/s1. The number of methoxy groups -OCH3 is 2. The Morgan fingerprint density at radius 1 is 0.929 bits per heavy atom. The average molecular weight is 616 g/mol. The third kappa shape index (κ3) is 7.95. The molecule has 0 aromatic heterocycles. The number of para-hydroxylation sites is 1. The Morgan fingerprint density at radius 3 is 2.17 bits per heavy atom. The van der Waals surface area contributed by atoms with Crippen LogP contribution < -0.4 is 19.1 Å². The van der Waals surface area contributed by atoms with Crippen molar-refractivity contribution in [3.05, 3.63) is 83.4 Å². The molecule has 0 saturated heterocycles. The highest BCUT2D eigenvalue weighted by Gasteiger charge is 2.34. The van der Waals surface area contributed by atoms with Gasteiger partial charge in [-0.25, -0.2) is 8.42 Å². The van der Waals surface area contributed by atoms with Crippen molar-refractivity contribution in [2.45, 2.75) is 44.7 Å². The number of benzene rings is 3. The van der Waals surface area contributed by atoms with Crippen molar-refractivity contribution in [1.29, 1.82) is 0 Å². The van der Waals surface area contributed by atoms with E-state index in [9.17, 15) is 18.0 Å². The van der Waals surface area contributed by atoms with Crippen molar-refractivity contribution in [3.63, 3.8) is 0 Å². The second-order valence-corrected chi connectivity index (χ2v) is 12.3. The van der Waals surface area contributed by atoms with Gasteiger partial charge in [0.2, 0.25) is 11.8 Å². The van der Waals surface area contributed by atoms with Crippen LogP contribution in [-0.4, -0.2) is 58.5 Å². The molecule has 9 nitrogen and oxygen atoms in total. The number of anilines is 1. The molecule has 11 heteroatoms. The first kappa shape index (κ1) is 32.8. The van der Waals surface area contributed by atoms with E-state index in [4.69, 9.17) is 21.1 Å². The number of carbonyl (C=O) groups is 2. The fourth-order valence-corrected chi connectivity index (χ4v) is 6.01. The van der Waals surface area contributed by atoms with Crippen molar-refractivity contribution in [2.24, 2.45) is 5.92 Å². The minimum absolute atomic E-state index is 0.0190. The summed E-state index contributed by atoms with van der Waals surface area (Å²) in [5.41, 5.74) is 0.923. The third-order valence-electron chi connectivity index (χ3n) is 6.64. The smallest absolute Gasteiger partial charge is 0.264 e. The number of halogens is 1. The molecule has 0 aliphatic carbocycles. The van der Waals surface area contributed by atoms with E-state index in [1.165, 1.54) is 37.3 Å². The Morgan fingerprint density at radius 2 is 1.57 bits per heavy atom. The summed E-state index contributed by atoms with van der Waals surface area (Å²) in [4.78, 5) is 28.8. The second-order valence-electron chi connectivity index (χ2n) is 10.0. The minimum atomic E-state index is -4.27. The maximum Gasteiger partial charge on any atom is 0.264 e. The molecule has 0 unspecified atom stereocenters. The first-order valence-electron chi connectivity index (χ1n) is 13.6. The first-order chi connectivity index (χ1) is 20.0. The van der Waals surface area contributed by atoms with Gasteiger partial charge in [-0.3, -0.25) is 13.9 Å². The highest BCUT2D eigenvalue weighted by molar-refractivity contribution is 7.92. The number of hydrogen-bond acceptors (Lipinski definition) is 6. The van der Waals surface area contributed by atoms with Crippen molar-refractivity contribution in [2.75, 3.05) is 31.6 Å². The lowest BCUT2D eigenvalue weighted by atomic mass is 10.1. The second kappa shape index (κ2) is 14.9. The van der Waals surface area contributed by atoms with Crippen LogP contribution in [0.3, 0.4) is 0 Å². The molecule has 0 aliphatic heterocycles. The summed E-state index contributed by atoms with van der Waals surface area (Å²) in [5.74, 6) is -0.0802. The number of nitrogens with zero attached hydrogens (tertiary/aromatic N) is 2. The minimum Gasteiger partial charge on any atom is -0.493 e. The molecule has 3 aromatic carbocycles. The van der Waals surface area contributed by atoms with Crippen LogP contribution in [0.5, 0.6) is 11.5 Å². The molecule has 0 spiro atoms. The van der Waals surface area contributed by atoms with Crippen LogP contribution in [0.25, 0.3) is 0 Å². The van der Waals surface area contributed by atoms with E-state index in [-0.39, 0.29) is 34.7 Å². The molecule has 3 aromatic rings. The van der Waals surface area contributed by atoms with Gasteiger partial charge in [-0.2, -0.15) is 0 Å². The highest BCUT2D eigenvalue weighted by atomic mass is 35.5. The summed E-state index contributed by atoms with van der Waals surface area (Å²) in [7, 11) is -1.41. The number of rotatable bonds is 14. The van der Waals surface area contributed by atoms with Crippen LogP contribution in [0.15, 0.2) is 77.7 Å². The predicted molar refractivity (Wildman–Crippen MR) is 164 cm³/mol. The maximum absolute atomic E-state index is 14.1. The Balaban J connectivity index is 2.07. The number of ether oxygens (including phenoxy) is 2. The third-order valence-corrected chi connectivity index (χ3v) is 8.77. The Labute approximate surface area is 253 Å². The molecule has 2 amide bonds. The molecule has 42 heavy (non-hydrogen) atoms. The van der Waals surface area contributed by atoms with Gasteiger partial charge in [-0.1, -0.05) is 68.8 Å². The Hall–Kier alpha value is -3.76. The van der Waals surface area contributed by atoms with Gasteiger partial charge in [0.15, 0.2) is 11.5 Å². The molecule has 226 valence electrons. The number of sulfonamides is 1.